The second kappa shape index (κ2) is 5.71. The van der Waals surface area contributed by atoms with Crippen molar-refractivity contribution >= 4 is 22.4 Å². The molecule has 0 bridgehead atoms. The van der Waals surface area contributed by atoms with Crippen LogP contribution in [0, 0.1) is 6.92 Å². The summed E-state index contributed by atoms with van der Waals surface area (Å²) in [5, 5.41) is 9.30. The van der Waals surface area contributed by atoms with Crippen LogP contribution in [-0.2, 0) is 11.3 Å². The van der Waals surface area contributed by atoms with Crippen molar-refractivity contribution in [1.29, 1.82) is 0 Å². The van der Waals surface area contributed by atoms with Crippen molar-refractivity contribution in [2.45, 2.75) is 13.5 Å². The molecule has 0 saturated heterocycles. The topological polar surface area (TPSA) is 45.9 Å². The van der Waals surface area contributed by atoms with Crippen molar-refractivity contribution in [3.05, 3.63) is 66.5 Å². The first-order valence-corrected chi connectivity index (χ1v) is 6.82. The third-order valence-electron chi connectivity index (χ3n) is 3.35. The van der Waals surface area contributed by atoms with E-state index in [1.807, 2.05) is 61.7 Å². The van der Waals surface area contributed by atoms with E-state index in [1.54, 1.807) is 10.9 Å². The predicted molar refractivity (Wildman–Crippen MR) is 81.7 cm³/mol. The van der Waals surface area contributed by atoms with Gasteiger partial charge >= 0.3 is 0 Å². The lowest BCUT2D eigenvalue weighted by atomic mass is 10.2. The highest BCUT2D eigenvalue weighted by molar-refractivity contribution is 5.90. The Morgan fingerprint density at radius 2 is 1.81 bits per heavy atom. The number of carbonyl (C=O) groups is 1. The van der Waals surface area contributed by atoms with E-state index in [4.69, 9.17) is 0 Å². The van der Waals surface area contributed by atoms with Gasteiger partial charge in [-0.15, -0.1) is 0 Å². The fourth-order valence-electron chi connectivity index (χ4n) is 2.21. The number of nitrogens with zero attached hydrogens (tertiary/aromatic N) is 2. The van der Waals surface area contributed by atoms with Crippen LogP contribution in [-0.4, -0.2) is 11.0 Å². The summed E-state index contributed by atoms with van der Waals surface area (Å²) in [6, 6.07) is 15.7. The van der Waals surface area contributed by atoms with Gasteiger partial charge in [-0.2, -0.15) is 0 Å². The van der Waals surface area contributed by atoms with Crippen LogP contribution in [0.1, 0.15) is 5.56 Å². The Kier molecular flexibility index (Phi) is 3.60. The average Bonchev–Trinajstić information content (AvgIpc) is 2.49. The van der Waals surface area contributed by atoms with Crippen LogP contribution in [0.15, 0.2) is 60.9 Å². The molecular weight excluding hydrogens is 262 g/mol. The van der Waals surface area contributed by atoms with Crippen LogP contribution in [0.5, 0.6) is 0 Å². The monoisotopic (exact) mass is 278 g/mol. The molecule has 104 valence electrons. The third-order valence-corrected chi connectivity index (χ3v) is 3.35. The van der Waals surface area contributed by atoms with E-state index >= 15 is 0 Å². The molecule has 3 aromatic rings. The molecule has 4 heteroatoms. The van der Waals surface area contributed by atoms with Crippen molar-refractivity contribution in [1.82, 2.24) is 5.10 Å². The fraction of sp³-hybridized carbons (Fsp3) is 0.118. The second-order valence-corrected chi connectivity index (χ2v) is 4.96. The molecule has 0 atom stereocenters. The van der Waals surface area contributed by atoms with E-state index < -0.39 is 0 Å². The van der Waals surface area contributed by atoms with Crippen LogP contribution in [0.3, 0.4) is 0 Å². The zero-order chi connectivity index (χ0) is 14.7. The summed E-state index contributed by atoms with van der Waals surface area (Å²) in [6.45, 7) is 2.16. The highest BCUT2D eigenvalue weighted by Crippen LogP contribution is 2.13. The SMILES string of the molecule is Cc1ccccc1NC(=O)C[n+]1cc2ccccc2cn1. The Morgan fingerprint density at radius 1 is 1.10 bits per heavy atom. The molecule has 4 nitrogen and oxygen atoms in total. The van der Waals surface area contributed by atoms with Gasteiger partial charge in [0.15, 0.2) is 0 Å². The second-order valence-electron chi connectivity index (χ2n) is 4.96. The minimum absolute atomic E-state index is 0.0860. The molecule has 1 amide bonds. The molecule has 0 aliphatic heterocycles. The lowest BCUT2D eigenvalue weighted by Gasteiger charge is -2.05. The molecule has 0 aliphatic carbocycles. The minimum Gasteiger partial charge on any atom is -0.320 e. The number of hydrogen-bond donors (Lipinski definition) is 1. The molecular formula is C17H16N3O+. The first-order chi connectivity index (χ1) is 10.2. The summed E-state index contributed by atoms with van der Waals surface area (Å²) < 4.78 is 1.65. The molecule has 0 spiro atoms. The largest absolute Gasteiger partial charge is 0.320 e. The Hall–Kier alpha value is -2.75. The summed E-state index contributed by atoms with van der Waals surface area (Å²) in [5.41, 5.74) is 1.88. The third kappa shape index (κ3) is 3.05. The van der Waals surface area contributed by atoms with Gasteiger partial charge in [0.2, 0.25) is 6.20 Å². The quantitative estimate of drug-likeness (QED) is 0.748. The number of fused-ring (bicyclic) bond motifs is 1. The first-order valence-electron chi connectivity index (χ1n) is 6.82. The highest BCUT2D eigenvalue weighted by Gasteiger charge is 2.12. The van der Waals surface area contributed by atoms with E-state index in [0.717, 1.165) is 22.0 Å². The van der Waals surface area contributed by atoms with Gasteiger partial charge in [-0.1, -0.05) is 41.1 Å². The van der Waals surface area contributed by atoms with E-state index in [1.165, 1.54) is 0 Å². The van der Waals surface area contributed by atoms with Gasteiger partial charge in [0.1, 0.15) is 6.20 Å². The summed E-state index contributed by atoms with van der Waals surface area (Å²) >= 11 is 0. The number of aryl methyl sites for hydroxylation is 1. The number of hydrogen-bond acceptors (Lipinski definition) is 2. The number of amides is 1. The van der Waals surface area contributed by atoms with E-state index in [0.29, 0.717) is 0 Å². The minimum atomic E-state index is -0.0860. The molecule has 0 unspecified atom stereocenters. The van der Waals surface area contributed by atoms with Crippen LogP contribution in [0.4, 0.5) is 5.69 Å². The molecule has 0 saturated carbocycles. The normalized spacial score (nSPS) is 10.5. The highest BCUT2D eigenvalue weighted by atomic mass is 16.2. The van der Waals surface area contributed by atoms with Crippen LogP contribution >= 0.6 is 0 Å². The van der Waals surface area contributed by atoms with Crippen molar-refractivity contribution in [2.75, 3.05) is 5.32 Å². The van der Waals surface area contributed by atoms with Crippen molar-refractivity contribution in [2.24, 2.45) is 0 Å². The Labute approximate surface area is 123 Å². The van der Waals surface area contributed by atoms with Crippen LogP contribution < -0.4 is 10.00 Å². The summed E-state index contributed by atoms with van der Waals surface area (Å²) in [7, 11) is 0. The zero-order valence-electron chi connectivity index (χ0n) is 11.8. The molecule has 0 fully saturated rings. The summed E-state index contributed by atoms with van der Waals surface area (Å²) in [6.07, 6.45) is 3.66. The fourth-order valence-corrected chi connectivity index (χ4v) is 2.21. The Balaban J connectivity index is 1.75. The maximum atomic E-state index is 12.1. The Bertz CT molecular complexity index is 799. The van der Waals surface area contributed by atoms with Gasteiger partial charge in [-0.05, 0) is 29.7 Å². The van der Waals surface area contributed by atoms with Crippen molar-refractivity contribution in [3.8, 4) is 0 Å². The predicted octanol–water partition coefficient (Wildman–Crippen LogP) is 2.47. The van der Waals surface area contributed by atoms with E-state index in [-0.39, 0.29) is 12.5 Å². The lowest BCUT2D eigenvalue weighted by molar-refractivity contribution is -0.740. The number of carbonyl (C=O) groups excluding carboxylic acids is 1. The Morgan fingerprint density at radius 3 is 2.62 bits per heavy atom. The summed E-state index contributed by atoms with van der Waals surface area (Å²) in [5.74, 6) is -0.0860. The molecule has 1 heterocycles. The number of rotatable bonds is 3. The van der Waals surface area contributed by atoms with Gasteiger partial charge < -0.3 is 5.32 Å². The van der Waals surface area contributed by atoms with Gasteiger partial charge in [-0.3, -0.25) is 4.79 Å². The van der Waals surface area contributed by atoms with E-state index in [9.17, 15) is 4.79 Å². The summed E-state index contributed by atoms with van der Waals surface area (Å²) in [4.78, 5) is 12.1. The molecule has 1 aromatic heterocycles. The number of aromatic nitrogens is 2. The molecule has 0 aliphatic rings. The number of nitrogens with one attached hydrogen (secondary N) is 1. The molecule has 0 radical (unpaired) electrons. The van der Waals surface area contributed by atoms with Gasteiger partial charge in [0.25, 0.3) is 12.5 Å². The zero-order valence-corrected chi connectivity index (χ0v) is 11.8. The maximum absolute atomic E-state index is 12.1. The number of anilines is 1. The van der Waals surface area contributed by atoms with Gasteiger partial charge in [0, 0.05) is 16.5 Å². The molecule has 21 heavy (non-hydrogen) atoms. The number of para-hydroxylation sites is 1. The van der Waals surface area contributed by atoms with Crippen LogP contribution in [0.25, 0.3) is 10.8 Å². The molecule has 2 aromatic carbocycles. The van der Waals surface area contributed by atoms with Gasteiger partial charge in [0.05, 0.1) is 0 Å². The van der Waals surface area contributed by atoms with Crippen molar-refractivity contribution in [3.63, 3.8) is 0 Å². The smallest absolute Gasteiger partial charge is 0.292 e. The number of benzene rings is 2. The standard InChI is InChI=1S/C17H15N3O/c1-13-6-2-5-9-16(13)19-17(21)12-20-11-15-8-4-3-7-14(15)10-18-20/h2-11H,12H2,1H3/p+1. The van der Waals surface area contributed by atoms with E-state index in [2.05, 4.69) is 10.4 Å². The molecule has 3 rings (SSSR count). The average molecular weight is 278 g/mol. The lowest BCUT2D eigenvalue weighted by Crippen LogP contribution is -2.43. The van der Waals surface area contributed by atoms with Gasteiger partial charge in [-0.25, -0.2) is 0 Å². The van der Waals surface area contributed by atoms with Crippen molar-refractivity contribution < 1.29 is 9.48 Å². The molecule has 1 N–H and O–H groups in total. The maximum Gasteiger partial charge on any atom is 0.292 e. The van der Waals surface area contributed by atoms with Crippen LogP contribution in [0.2, 0.25) is 0 Å². The first kappa shape index (κ1) is 13.2.